The molecule has 2 rings (SSSR count). The number of H-pyrrole nitrogens is 1. The number of nitrogens with one attached hydrogen (secondary N) is 1. The Morgan fingerprint density at radius 1 is 1.31 bits per heavy atom. The highest BCUT2D eigenvalue weighted by atomic mass is 15.2. The normalized spacial score (nSPS) is 11.4. The molecule has 0 aliphatic rings. The zero-order valence-corrected chi connectivity index (χ0v) is 8.00. The standard InChI is InChI=1S/C9H12N4/c1-5(2)8-7-4-10-12-9(7)6(3)11-13-8/h4-5H,1-3H3,(H,10,12). The summed E-state index contributed by atoms with van der Waals surface area (Å²) < 4.78 is 0. The number of fused-ring (bicyclic) bond motifs is 1. The Labute approximate surface area is 76.4 Å². The summed E-state index contributed by atoms with van der Waals surface area (Å²) in [6, 6.07) is 0. The Bertz CT molecular complexity index is 430. The largest absolute Gasteiger partial charge is 0.284 e. The van der Waals surface area contributed by atoms with Crippen molar-refractivity contribution >= 4 is 10.9 Å². The molecular weight excluding hydrogens is 164 g/mol. The van der Waals surface area contributed by atoms with Gasteiger partial charge in [0.2, 0.25) is 0 Å². The lowest BCUT2D eigenvalue weighted by atomic mass is 10.1. The summed E-state index contributed by atoms with van der Waals surface area (Å²) in [5, 5.41) is 16.3. The lowest BCUT2D eigenvalue weighted by Crippen LogP contribution is -1.98. The van der Waals surface area contributed by atoms with Gasteiger partial charge in [0.15, 0.2) is 0 Å². The minimum Gasteiger partial charge on any atom is -0.284 e. The van der Waals surface area contributed by atoms with Crippen molar-refractivity contribution in [3.63, 3.8) is 0 Å². The number of hydrogen-bond donors (Lipinski definition) is 1. The summed E-state index contributed by atoms with van der Waals surface area (Å²) in [5.74, 6) is 0.383. The molecule has 4 heteroatoms. The third-order valence-electron chi connectivity index (χ3n) is 2.11. The van der Waals surface area contributed by atoms with E-state index in [4.69, 9.17) is 0 Å². The molecule has 0 amide bonds. The fourth-order valence-corrected chi connectivity index (χ4v) is 1.42. The van der Waals surface area contributed by atoms with Gasteiger partial charge in [0.25, 0.3) is 0 Å². The fourth-order valence-electron chi connectivity index (χ4n) is 1.42. The van der Waals surface area contributed by atoms with Crippen LogP contribution in [0.1, 0.15) is 31.2 Å². The molecule has 68 valence electrons. The van der Waals surface area contributed by atoms with Crippen LogP contribution in [-0.4, -0.2) is 20.4 Å². The molecule has 2 heterocycles. The van der Waals surface area contributed by atoms with Crippen LogP contribution in [0.2, 0.25) is 0 Å². The molecule has 0 aliphatic heterocycles. The number of hydrogen-bond acceptors (Lipinski definition) is 3. The summed E-state index contributed by atoms with van der Waals surface area (Å²) in [7, 11) is 0. The number of aromatic nitrogens is 4. The molecule has 1 N–H and O–H groups in total. The van der Waals surface area contributed by atoms with Gasteiger partial charge in [-0.2, -0.15) is 15.3 Å². The molecule has 0 fully saturated rings. The highest BCUT2D eigenvalue weighted by Gasteiger charge is 2.11. The molecule has 0 saturated carbocycles. The van der Waals surface area contributed by atoms with Crippen molar-refractivity contribution < 1.29 is 0 Å². The first-order valence-corrected chi connectivity index (χ1v) is 4.37. The number of rotatable bonds is 1. The number of aromatic amines is 1. The van der Waals surface area contributed by atoms with Crippen molar-refractivity contribution in [3.8, 4) is 0 Å². The van der Waals surface area contributed by atoms with Crippen LogP contribution >= 0.6 is 0 Å². The molecule has 0 atom stereocenters. The van der Waals surface area contributed by atoms with Gasteiger partial charge < -0.3 is 0 Å². The number of aryl methyl sites for hydroxylation is 1. The third-order valence-corrected chi connectivity index (χ3v) is 2.11. The van der Waals surface area contributed by atoms with E-state index in [2.05, 4.69) is 34.2 Å². The summed E-state index contributed by atoms with van der Waals surface area (Å²) >= 11 is 0. The highest BCUT2D eigenvalue weighted by molar-refractivity contribution is 5.82. The molecule has 0 spiro atoms. The molecule has 2 aromatic rings. The molecular formula is C9H12N4. The maximum absolute atomic E-state index is 4.17. The van der Waals surface area contributed by atoms with Crippen LogP contribution in [0.15, 0.2) is 6.20 Å². The smallest absolute Gasteiger partial charge is 0.117 e. The first-order valence-electron chi connectivity index (χ1n) is 4.37. The molecule has 4 nitrogen and oxygen atoms in total. The minimum absolute atomic E-state index is 0.383. The minimum atomic E-state index is 0.383. The predicted molar refractivity (Wildman–Crippen MR) is 50.5 cm³/mol. The Morgan fingerprint density at radius 2 is 2.08 bits per heavy atom. The Balaban J connectivity index is 2.78. The van der Waals surface area contributed by atoms with Crippen LogP contribution in [0.25, 0.3) is 10.9 Å². The van der Waals surface area contributed by atoms with Gasteiger partial charge in [-0.25, -0.2) is 0 Å². The van der Waals surface area contributed by atoms with E-state index in [0.29, 0.717) is 5.92 Å². The third kappa shape index (κ3) is 1.18. The van der Waals surface area contributed by atoms with Gasteiger partial charge in [-0.15, -0.1) is 0 Å². The summed E-state index contributed by atoms with van der Waals surface area (Å²) in [4.78, 5) is 0. The van der Waals surface area contributed by atoms with E-state index in [0.717, 1.165) is 22.3 Å². The van der Waals surface area contributed by atoms with Gasteiger partial charge in [0.05, 0.1) is 11.4 Å². The van der Waals surface area contributed by atoms with E-state index < -0.39 is 0 Å². The van der Waals surface area contributed by atoms with E-state index in [1.165, 1.54) is 0 Å². The molecule has 0 unspecified atom stereocenters. The topological polar surface area (TPSA) is 54.5 Å². The van der Waals surface area contributed by atoms with Crippen molar-refractivity contribution in [2.45, 2.75) is 26.7 Å². The Kier molecular flexibility index (Phi) is 1.76. The molecule has 0 aromatic carbocycles. The van der Waals surface area contributed by atoms with Gasteiger partial charge in [-0.1, -0.05) is 13.8 Å². The zero-order chi connectivity index (χ0) is 9.42. The molecule has 0 aliphatic carbocycles. The maximum Gasteiger partial charge on any atom is 0.117 e. The second kappa shape index (κ2) is 2.80. The molecule has 13 heavy (non-hydrogen) atoms. The van der Waals surface area contributed by atoms with E-state index in [9.17, 15) is 0 Å². The first-order chi connectivity index (χ1) is 6.20. The second-order valence-corrected chi connectivity index (χ2v) is 3.47. The van der Waals surface area contributed by atoms with E-state index in [1.807, 2.05) is 13.1 Å². The van der Waals surface area contributed by atoms with Crippen molar-refractivity contribution in [2.75, 3.05) is 0 Å². The monoisotopic (exact) mass is 176 g/mol. The van der Waals surface area contributed by atoms with Crippen molar-refractivity contribution in [1.82, 2.24) is 20.4 Å². The zero-order valence-electron chi connectivity index (χ0n) is 8.00. The van der Waals surface area contributed by atoms with E-state index >= 15 is 0 Å². The van der Waals surface area contributed by atoms with Crippen LogP contribution in [0, 0.1) is 6.92 Å². The fraction of sp³-hybridized carbons (Fsp3) is 0.444. The van der Waals surface area contributed by atoms with Gasteiger partial charge in [-0.05, 0) is 12.8 Å². The van der Waals surface area contributed by atoms with Gasteiger partial charge in [0, 0.05) is 11.6 Å². The first kappa shape index (κ1) is 8.16. The highest BCUT2D eigenvalue weighted by Crippen LogP contribution is 2.21. The number of nitrogens with zero attached hydrogens (tertiary/aromatic N) is 3. The molecule has 0 bridgehead atoms. The average molecular weight is 176 g/mol. The van der Waals surface area contributed by atoms with Crippen LogP contribution in [0.5, 0.6) is 0 Å². The van der Waals surface area contributed by atoms with Crippen molar-refractivity contribution in [3.05, 3.63) is 17.6 Å². The van der Waals surface area contributed by atoms with Crippen LogP contribution < -0.4 is 0 Å². The van der Waals surface area contributed by atoms with Gasteiger partial charge in [-0.3, -0.25) is 5.10 Å². The van der Waals surface area contributed by atoms with E-state index in [-0.39, 0.29) is 0 Å². The summed E-state index contributed by atoms with van der Waals surface area (Å²) in [6.45, 7) is 6.12. The SMILES string of the molecule is Cc1nnc(C(C)C)c2c[nH]nc12. The van der Waals surface area contributed by atoms with Gasteiger partial charge in [0.1, 0.15) is 5.52 Å². The van der Waals surface area contributed by atoms with E-state index in [1.54, 1.807) is 0 Å². The van der Waals surface area contributed by atoms with Gasteiger partial charge >= 0.3 is 0 Å². The summed E-state index contributed by atoms with van der Waals surface area (Å²) in [6.07, 6.45) is 1.88. The lowest BCUT2D eigenvalue weighted by Gasteiger charge is -2.04. The van der Waals surface area contributed by atoms with Crippen molar-refractivity contribution in [1.29, 1.82) is 0 Å². The lowest BCUT2D eigenvalue weighted by molar-refractivity contribution is 0.792. The maximum atomic E-state index is 4.17. The predicted octanol–water partition coefficient (Wildman–Crippen LogP) is 1.78. The summed E-state index contributed by atoms with van der Waals surface area (Å²) in [5.41, 5.74) is 2.81. The molecule has 0 saturated heterocycles. The molecule has 2 aromatic heterocycles. The Morgan fingerprint density at radius 3 is 2.77 bits per heavy atom. The quantitative estimate of drug-likeness (QED) is 0.720. The van der Waals surface area contributed by atoms with Crippen LogP contribution in [-0.2, 0) is 0 Å². The van der Waals surface area contributed by atoms with Crippen molar-refractivity contribution in [2.24, 2.45) is 0 Å². The van der Waals surface area contributed by atoms with Crippen LogP contribution in [0.4, 0.5) is 0 Å². The molecule has 0 radical (unpaired) electrons. The average Bonchev–Trinajstić information content (AvgIpc) is 2.53. The van der Waals surface area contributed by atoms with Crippen LogP contribution in [0.3, 0.4) is 0 Å². The Hall–Kier alpha value is -1.45. The second-order valence-electron chi connectivity index (χ2n) is 3.47.